The minimum absolute atomic E-state index is 0.436. The van der Waals surface area contributed by atoms with Gasteiger partial charge in [-0.25, -0.2) is 9.98 Å². The Balaban J connectivity index is 1.60. The highest BCUT2D eigenvalue weighted by Gasteiger charge is 2.08. The fourth-order valence-corrected chi connectivity index (χ4v) is 3.00. The zero-order chi connectivity index (χ0) is 22.6. The molecular formula is C25H32N4O3. The van der Waals surface area contributed by atoms with Gasteiger partial charge < -0.3 is 24.5 Å². The van der Waals surface area contributed by atoms with Crippen molar-refractivity contribution in [3.8, 4) is 17.1 Å². The van der Waals surface area contributed by atoms with E-state index in [9.17, 15) is 0 Å². The number of aryl methyl sites for hydroxylation is 1. The van der Waals surface area contributed by atoms with Gasteiger partial charge in [-0.2, -0.15) is 0 Å². The number of methoxy groups -OCH3 is 1. The number of aliphatic imine (C=N–C) groups is 1. The minimum Gasteiger partial charge on any atom is -0.497 e. The molecule has 0 aliphatic rings. The molecule has 0 aliphatic carbocycles. The highest BCUT2D eigenvalue weighted by Crippen LogP contribution is 2.20. The molecule has 2 aromatic carbocycles. The number of oxazole rings is 1. The van der Waals surface area contributed by atoms with Gasteiger partial charge in [0.2, 0.25) is 5.89 Å². The predicted octanol–water partition coefficient (Wildman–Crippen LogP) is 4.32. The third-order valence-electron chi connectivity index (χ3n) is 4.84. The first-order valence-electron chi connectivity index (χ1n) is 10.9. The van der Waals surface area contributed by atoms with Crippen molar-refractivity contribution in [2.45, 2.75) is 33.4 Å². The molecule has 0 saturated carbocycles. The van der Waals surface area contributed by atoms with Gasteiger partial charge in [-0.3, -0.25) is 0 Å². The number of hydrogen-bond acceptors (Lipinski definition) is 5. The van der Waals surface area contributed by atoms with E-state index in [4.69, 9.17) is 18.9 Å². The van der Waals surface area contributed by atoms with Crippen LogP contribution in [0.15, 0.2) is 64.1 Å². The molecule has 0 atom stereocenters. The molecule has 0 amide bonds. The highest BCUT2D eigenvalue weighted by atomic mass is 16.5. The Bertz CT molecular complexity index is 966. The van der Waals surface area contributed by atoms with E-state index in [0.717, 1.165) is 48.8 Å². The second kappa shape index (κ2) is 12.5. The van der Waals surface area contributed by atoms with Gasteiger partial charge in [0.05, 0.1) is 26.4 Å². The Morgan fingerprint density at radius 1 is 1.06 bits per heavy atom. The lowest BCUT2D eigenvalue weighted by Crippen LogP contribution is -2.37. The molecular weight excluding hydrogens is 404 g/mol. The highest BCUT2D eigenvalue weighted by molar-refractivity contribution is 5.79. The van der Waals surface area contributed by atoms with Gasteiger partial charge in [0.1, 0.15) is 5.75 Å². The van der Waals surface area contributed by atoms with Crippen molar-refractivity contribution >= 4 is 5.96 Å². The van der Waals surface area contributed by atoms with Gasteiger partial charge in [-0.05, 0) is 38.0 Å². The van der Waals surface area contributed by atoms with E-state index in [1.807, 2.05) is 43.3 Å². The number of guanidine groups is 1. The van der Waals surface area contributed by atoms with Crippen LogP contribution >= 0.6 is 0 Å². The van der Waals surface area contributed by atoms with Crippen molar-refractivity contribution in [2.24, 2.45) is 4.99 Å². The van der Waals surface area contributed by atoms with E-state index >= 15 is 0 Å². The van der Waals surface area contributed by atoms with Crippen LogP contribution < -0.4 is 15.4 Å². The molecule has 170 valence electrons. The predicted molar refractivity (Wildman–Crippen MR) is 127 cm³/mol. The Hall–Kier alpha value is -3.32. The fraction of sp³-hybridized carbons (Fsp3) is 0.360. The van der Waals surface area contributed by atoms with Gasteiger partial charge >= 0.3 is 0 Å². The zero-order valence-electron chi connectivity index (χ0n) is 19.1. The average Bonchev–Trinajstić information content (AvgIpc) is 3.30. The number of rotatable bonds is 11. The molecule has 0 saturated heterocycles. The summed E-state index contributed by atoms with van der Waals surface area (Å²) in [6, 6.07) is 16.1. The molecule has 3 rings (SSSR count). The molecule has 1 aromatic heterocycles. The maximum absolute atomic E-state index is 5.92. The third kappa shape index (κ3) is 7.42. The smallest absolute Gasteiger partial charge is 0.214 e. The molecule has 32 heavy (non-hydrogen) atoms. The molecule has 7 nitrogen and oxygen atoms in total. The van der Waals surface area contributed by atoms with Crippen molar-refractivity contribution < 1.29 is 13.9 Å². The summed E-state index contributed by atoms with van der Waals surface area (Å²) in [5.41, 5.74) is 3.32. The standard InChI is InChI=1S/C25H32N4O3/c1-4-31-15-5-14-26-25(28-16-20-8-12-22(30-3)13-9-20)29-18-24-27-17-23(32-24)21-10-6-19(2)7-11-21/h6-13,17H,4-5,14-16,18H2,1-3H3,(H2,26,28,29). The largest absolute Gasteiger partial charge is 0.497 e. The second-order valence-corrected chi connectivity index (χ2v) is 7.33. The monoisotopic (exact) mass is 436 g/mol. The van der Waals surface area contributed by atoms with E-state index in [0.29, 0.717) is 24.9 Å². The van der Waals surface area contributed by atoms with Gasteiger partial charge in [0.15, 0.2) is 11.7 Å². The summed E-state index contributed by atoms with van der Waals surface area (Å²) in [5, 5.41) is 6.66. The van der Waals surface area contributed by atoms with Gasteiger partial charge in [-0.15, -0.1) is 0 Å². The van der Waals surface area contributed by atoms with Crippen LogP contribution in [0.2, 0.25) is 0 Å². The van der Waals surface area contributed by atoms with E-state index < -0.39 is 0 Å². The van der Waals surface area contributed by atoms with Crippen LogP contribution in [0.5, 0.6) is 5.75 Å². The maximum atomic E-state index is 5.92. The average molecular weight is 437 g/mol. The Kier molecular flexibility index (Phi) is 9.13. The zero-order valence-corrected chi connectivity index (χ0v) is 19.1. The molecule has 2 N–H and O–H groups in total. The molecule has 0 fully saturated rings. The van der Waals surface area contributed by atoms with Crippen LogP contribution in [0.4, 0.5) is 0 Å². The van der Waals surface area contributed by atoms with Crippen molar-refractivity contribution in [1.82, 2.24) is 15.6 Å². The van der Waals surface area contributed by atoms with Gasteiger partial charge in [0, 0.05) is 25.3 Å². The number of hydrogen-bond donors (Lipinski definition) is 2. The van der Waals surface area contributed by atoms with Crippen LogP contribution in [0.1, 0.15) is 30.4 Å². The SMILES string of the molecule is CCOCCCNC(=NCc1ccc(OC)cc1)NCc1ncc(-c2ccc(C)cc2)o1. The molecule has 0 unspecified atom stereocenters. The summed E-state index contributed by atoms with van der Waals surface area (Å²) in [4.78, 5) is 9.10. The Morgan fingerprint density at radius 3 is 2.56 bits per heavy atom. The lowest BCUT2D eigenvalue weighted by Gasteiger charge is -2.12. The van der Waals surface area contributed by atoms with E-state index in [1.54, 1.807) is 13.3 Å². The molecule has 1 heterocycles. The molecule has 3 aromatic rings. The van der Waals surface area contributed by atoms with Gasteiger partial charge in [0.25, 0.3) is 0 Å². The number of aromatic nitrogens is 1. The summed E-state index contributed by atoms with van der Waals surface area (Å²) in [5.74, 6) is 2.89. The Labute approximate surface area is 189 Å². The van der Waals surface area contributed by atoms with E-state index in [2.05, 4.69) is 34.7 Å². The summed E-state index contributed by atoms with van der Waals surface area (Å²) < 4.78 is 16.5. The first-order valence-corrected chi connectivity index (χ1v) is 10.9. The summed E-state index contributed by atoms with van der Waals surface area (Å²) in [6.45, 7) is 7.25. The molecule has 0 spiro atoms. The maximum Gasteiger partial charge on any atom is 0.214 e. The van der Waals surface area contributed by atoms with Crippen LogP contribution in [-0.4, -0.2) is 37.8 Å². The molecule has 0 bridgehead atoms. The first kappa shape index (κ1) is 23.3. The van der Waals surface area contributed by atoms with E-state index in [-0.39, 0.29) is 0 Å². The van der Waals surface area contributed by atoms with Crippen LogP contribution in [0.25, 0.3) is 11.3 Å². The number of nitrogens with zero attached hydrogens (tertiary/aromatic N) is 2. The Morgan fingerprint density at radius 2 is 1.84 bits per heavy atom. The quantitative estimate of drug-likeness (QED) is 0.265. The van der Waals surface area contributed by atoms with Crippen molar-refractivity contribution in [1.29, 1.82) is 0 Å². The third-order valence-corrected chi connectivity index (χ3v) is 4.84. The summed E-state index contributed by atoms with van der Waals surface area (Å²) in [6.07, 6.45) is 2.65. The van der Waals surface area contributed by atoms with Crippen molar-refractivity contribution in [3.63, 3.8) is 0 Å². The first-order chi connectivity index (χ1) is 15.7. The topological polar surface area (TPSA) is 80.9 Å². The van der Waals surface area contributed by atoms with Crippen molar-refractivity contribution in [3.05, 3.63) is 71.7 Å². The minimum atomic E-state index is 0.436. The lowest BCUT2D eigenvalue weighted by molar-refractivity contribution is 0.145. The summed E-state index contributed by atoms with van der Waals surface area (Å²) in [7, 11) is 1.66. The number of benzene rings is 2. The lowest BCUT2D eigenvalue weighted by atomic mass is 10.1. The number of nitrogens with one attached hydrogen (secondary N) is 2. The second-order valence-electron chi connectivity index (χ2n) is 7.33. The fourth-order valence-electron chi connectivity index (χ4n) is 3.00. The molecule has 0 aliphatic heterocycles. The normalized spacial score (nSPS) is 11.4. The van der Waals surface area contributed by atoms with Crippen LogP contribution in [-0.2, 0) is 17.8 Å². The molecule has 7 heteroatoms. The van der Waals surface area contributed by atoms with E-state index in [1.165, 1.54) is 5.56 Å². The number of ether oxygens (including phenoxy) is 2. The summed E-state index contributed by atoms with van der Waals surface area (Å²) >= 11 is 0. The van der Waals surface area contributed by atoms with Gasteiger partial charge in [-0.1, -0.05) is 42.0 Å². The van der Waals surface area contributed by atoms with Crippen molar-refractivity contribution in [2.75, 3.05) is 26.9 Å². The van der Waals surface area contributed by atoms with Crippen LogP contribution in [0.3, 0.4) is 0 Å². The molecule has 0 radical (unpaired) electrons. The van der Waals surface area contributed by atoms with Crippen LogP contribution in [0, 0.1) is 6.92 Å².